The van der Waals surface area contributed by atoms with E-state index >= 15 is 0 Å². The highest BCUT2D eigenvalue weighted by molar-refractivity contribution is 6.27. The summed E-state index contributed by atoms with van der Waals surface area (Å²) in [5.41, 5.74) is 8.54. The van der Waals surface area contributed by atoms with Gasteiger partial charge in [0.15, 0.2) is 17.5 Å². The van der Waals surface area contributed by atoms with E-state index < -0.39 is 0 Å². The second kappa shape index (κ2) is 13.8. The average molecular weight is 704 g/mol. The fraction of sp³-hybridized carbons (Fsp3) is 0. The van der Waals surface area contributed by atoms with Crippen LogP contribution in [0.25, 0.3) is 77.9 Å². The molecule has 10 aromatic rings. The Bertz CT molecular complexity index is 2860. The van der Waals surface area contributed by atoms with Crippen LogP contribution in [-0.4, -0.2) is 19.9 Å². The Morgan fingerprint density at radius 3 is 1.44 bits per heavy atom. The van der Waals surface area contributed by atoms with Gasteiger partial charge in [-0.3, -0.25) is 0 Å². The number of nitrogens with zero attached hydrogens (tertiary/aromatic N) is 5. The van der Waals surface area contributed by atoms with Crippen LogP contribution in [0.4, 0.5) is 17.1 Å². The molecule has 0 aliphatic rings. The molecule has 5 heteroatoms. The topological polar surface area (TPSA) is 54.8 Å². The molecule has 0 aliphatic carbocycles. The third kappa shape index (κ3) is 5.85. The number of aromatic nitrogens is 4. The van der Waals surface area contributed by atoms with Crippen molar-refractivity contribution >= 4 is 49.5 Å². The highest BCUT2D eigenvalue weighted by atomic mass is 15.1. The molecule has 0 aliphatic heterocycles. The molecule has 0 atom stereocenters. The molecule has 2 aromatic heterocycles. The highest BCUT2D eigenvalue weighted by Gasteiger charge is 2.25. The van der Waals surface area contributed by atoms with Crippen molar-refractivity contribution in [3.63, 3.8) is 0 Å². The summed E-state index contributed by atoms with van der Waals surface area (Å²) >= 11 is 0. The fourth-order valence-corrected chi connectivity index (χ4v) is 7.58. The summed E-state index contributed by atoms with van der Waals surface area (Å²) in [6, 6.07) is 69.2. The third-order valence-corrected chi connectivity index (χ3v) is 10.1. The van der Waals surface area contributed by atoms with Crippen molar-refractivity contribution in [2.24, 2.45) is 0 Å². The van der Waals surface area contributed by atoms with Gasteiger partial charge in [0.05, 0.1) is 16.9 Å². The number of hydrogen-bond acceptors (Lipinski definition) is 5. The van der Waals surface area contributed by atoms with Gasteiger partial charge >= 0.3 is 0 Å². The number of benzene rings is 8. The van der Waals surface area contributed by atoms with E-state index in [1.54, 1.807) is 0 Å². The van der Waals surface area contributed by atoms with Gasteiger partial charge < -0.3 is 4.90 Å². The molecule has 0 spiro atoms. The number of fused-ring (bicyclic) bond motifs is 5. The van der Waals surface area contributed by atoms with Gasteiger partial charge in [-0.05, 0) is 47.2 Å². The average Bonchev–Trinajstić information content (AvgIpc) is 3.27. The maximum Gasteiger partial charge on any atom is 0.164 e. The standard InChI is InChI=1S/C50H33N5/c1-5-19-34(20-6-1)48-52-49(35-21-7-2-8-22-35)54-50(53-48)41-30-16-15-29-40(41)47-46-44(55(37-24-9-3-10-25-37)38-26-11-4-12-27-38)33-36-23-13-14-28-39(36)45(46)42-31-17-18-32-43(42)51-47/h1-33H. The van der Waals surface area contributed by atoms with E-state index in [2.05, 4.69) is 138 Å². The number of hydrogen-bond donors (Lipinski definition) is 0. The van der Waals surface area contributed by atoms with Gasteiger partial charge in [-0.2, -0.15) is 0 Å². The van der Waals surface area contributed by atoms with E-state index in [4.69, 9.17) is 19.9 Å². The molecule has 2 heterocycles. The summed E-state index contributed by atoms with van der Waals surface area (Å²) in [6.07, 6.45) is 0. The molecular formula is C50H33N5. The molecular weight excluding hydrogens is 671 g/mol. The predicted octanol–water partition coefficient (Wildman–Crippen LogP) is 12.9. The molecule has 5 nitrogen and oxygen atoms in total. The van der Waals surface area contributed by atoms with Crippen LogP contribution in [0.1, 0.15) is 0 Å². The van der Waals surface area contributed by atoms with E-state index in [9.17, 15) is 0 Å². The van der Waals surface area contributed by atoms with Crippen LogP contribution in [0.15, 0.2) is 200 Å². The lowest BCUT2D eigenvalue weighted by Crippen LogP contribution is -2.11. The first kappa shape index (κ1) is 32.2. The van der Waals surface area contributed by atoms with Crippen molar-refractivity contribution in [2.75, 3.05) is 4.90 Å². The second-order valence-electron chi connectivity index (χ2n) is 13.4. The minimum Gasteiger partial charge on any atom is -0.310 e. The quantitative estimate of drug-likeness (QED) is 0.155. The lowest BCUT2D eigenvalue weighted by Gasteiger charge is -2.29. The first-order chi connectivity index (χ1) is 27.3. The number of pyridine rings is 1. The molecule has 0 radical (unpaired) electrons. The van der Waals surface area contributed by atoms with E-state index in [1.807, 2.05) is 66.7 Å². The molecule has 258 valence electrons. The number of anilines is 3. The van der Waals surface area contributed by atoms with E-state index in [0.717, 1.165) is 77.5 Å². The normalized spacial score (nSPS) is 11.3. The Morgan fingerprint density at radius 2 is 0.818 bits per heavy atom. The van der Waals surface area contributed by atoms with Gasteiger partial charge in [0.2, 0.25) is 0 Å². The maximum atomic E-state index is 5.56. The van der Waals surface area contributed by atoms with Crippen LogP contribution >= 0.6 is 0 Å². The Labute approximate surface area is 318 Å². The summed E-state index contributed by atoms with van der Waals surface area (Å²) in [5, 5.41) is 5.59. The predicted molar refractivity (Wildman–Crippen MR) is 227 cm³/mol. The van der Waals surface area contributed by atoms with Gasteiger partial charge in [0, 0.05) is 49.8 Å². The molecule has 0 amide bonds. The van der Waals surface area contributed by atoms with Gasteiger partial charge in [0.25, 0.3) is 0 Å². The third-order valence-electron chi connectivity index (χ3n) is 10.1. The highest BCUT2D eigenvalue weighted by Crippen LogP contribution is 2.48. The maximum absolute atomic E-state index is 5.56. The summed E-state index contributed by atoms with van der Waals surface area (Å²) in [7, 11) is 0. The molecule has 0 unspecified atom stereocenters. The summed E-state index contributed by atoms with van der Waals surface area (Å²) in [4.78, 5) is 23.2. The zero-order valence-corrected chi connectivity index (χ0v) is 29.8. The van der Waals surface area contributed by atoms with Crippen LogP contribution in [0.3, 0.4) is 0 Å². The van der Waals surface area contributed by atoms with Gasteiger partial charge in [-0.15, -0.1) is 0 Å². The SMILES string of the molecule is c1ccc(-c2nc(-c3ccccc3)nc(-c3ccccc3-c3nc4ccccc4c4c3c(N(c3ccccc3)c3ccccc3)cc3ccccc34)n2)cc1. The van der Waals surface area contributed by atoms with Gasteiger partial charge in [-0.25, -0.2) is 19.9 Å². The summed E-state index contributed by atoms with van der Waals surface area (Å²) in [6.45, 7) is 0. The van der Waals surface area contributed by atoms with Crippen LogP contribution in [0, 0.1) is 0 Å². The first-order valence-corrected chi connectivity index (χ1v) is 18.4. The monoisotopic (exact) mass is 703 g/mol. The summed E-state index contributed by atoms with van der Waals surface area (Å²) in [5.74, 6) is 1.81. The lowest BCUT2D eigenvalue weighted by molar-refractivity contribution is 1.07. The first-order valence-electron chi connectivity index (χ1n) is 18.4. The second-order valence-corrected chi connectivity index (χ2v) is 13.4. The molecule has 55 heavy (non-hydrogen) atoms. The fourth-order valence-electron chi connectivity index (χ4n) is 7.58. The van der Waals surface area contributed by atoms with E-state index in [1.165, 1.54) is 0 Å². The minimum absolute atomic E-state index is 0.580. The Morgan fingerprint density at radius 1 is 0.345 bits per heavy atom. The zero-order valence-electron chi connectivity index (χ0n) is 29.8. The van der Waals surface area contributed by atoms with Crippen molar-refractivity contribution in [1.82, 2.24) is 19.9 Å². The number of rotatable bonds is 7. The molecule has 0 saturated carbocycles. The molecule has 0 saturated heterocycles. The summed E-state index contributed by atoms with van der Waals surface area (Å²) < 4.78 is 0. The van der Waals surface area contributed by atoms with Crippen molar-refractivity contribution in [3.8, 4) is 45.4 Å². The van der Waals surface area contributed by atoms with Crippen molar-refractivity contribution in [2.45, 2.75) is 0 Å². The van der Waals surface area contributed by atoms with Crippen molar-refractivity contribution < 1.29 is 0 Å². The van der Waals surface area contributed by atoms with Crippen LogP contribution in [0.2, 0.25) is 0 Å². The van der Waals surface area contributed by atoms with Crippen LogP contribution < -0.4 is 4.90 Å². The Hall–Kier alpha value is -7.50. The molecule has 8 aromatic carbocycles. The largest absolute Gasteiger partial charge is 0.310 e. The number of para-hydroxylation sites is 3. The van der Waals surface area contributed by atoms with Crippen LogP contribution in [-0.2, 0) is 0 Å². The molecule has 0 bridgehead atoms. The van der Waals surface area contributed by atoms with Gasteiger partial charge in [-0.1, -0.05) is 164 Å². The lowest BCUT2D eigenvalue weighted by atomic mass is 9.91. The molecule has 0 N–H and O–H groups in total. The zero-order chi connectivity index (χ0) is 36.6. The smallest absolute Gasteiger partial charge is 0.164 e. The van der Waals surface area contributed by atoms with Crippen LogP contribution in [0.5, 0.6) is 0 Å². The van der Waals surface area contributed by atoms with Gasteiger partial charge in [0.1, 0.15) is 0 Å². The Balaban J connectivity index is 1.33. The van der Waals surface area contributed by atoms with Crippen molar-refractivity contribution in [3.05, 3.63) is 200 Å². The van der Waals surface area contributed by atoms with E-state index in [-0.39, 0.29) is 0 Å². The van der Waals surface area contributed by atoms with Crippen molar-refractivity contribution in [1.29, 1.82) is 0 Å². The molecule has 0 fully saturated rings. The minimum atomic E-state index is 0.580. The Kier molecular flexibility index (Phi) is 8.08. The molecule has 10 rings (SSSR count). The van der Waals surface area contributed by atoms with E-state index in [0.29, 0.717) is 17.5 Å².